The fourth-order valence-electron chi connectivity index (χ4n) is 2.43. The maximum atomic E-state index is 12.5. The highest BCUT2D eigenvalue weighted by molar-refractivity contribution is 5.97. The van der Waals surface area contributed by atoms with Crippen molar-refractivity contribution < 1.29 is 23.9 Å². The molecule has 7 nitrogen and oxygen atoms in total. The van der Waals surface area contributed by atoms with Crippen molar-refractivity contribution in [3.05, 3.63) is 42.1 Å². The highest BCUT2D eigenvalue weighted by atomic mass is 16.5. The maximum absolute atomic E-state index is 12.5. The summed E-state index contributed by atoms with van der Waals surface area (Å²) in [6.45, 7) is 1.66. The zero-order valence-corrected chi connectivity index (χ0v) is 14.3. The normalized spacial score (nSPS) is 12.9. The third kappa shape index (κ3) is 4.53. The number of methoxy groups -OCH3 is 2. The number of carbonyl (C=O) groups excluding carboxylic acids is 3. The number of nitrogens with zero attached hydrogens (tertiary/aromatic N) is 1. The van der Waals surface area contributed by atoms with Crippen LogP contribution in [0.25, 0.3) is 10.9 Å². The standard InChI is InChI=1S/C18H20N2O5/c1-11(10-15(21)24-2)16(18(23)25-3)20-17(22)14-9-8-12-6-4-5-7-13(12)19-14/h4-9,11,16H,10H2,1-3H3,(H,20,22)/t11-,16+/m1/s1. The van der Waals surface area contributed by atoms with Crippen molar-refractivity contribution in [2.24, 2.45) is 5.92 Å². The summed E-state index contributed by atoms with van der Waals surface area (Å²) in [4.78, 5) is 40.2. The average molecular weight is 344 g/mol. The highest BCUT2D eigenvalue weighted by Gasteiger charge is 2.30. The van der Waals surface area contributed by atoms with E-state index in [2.05, 4.69) is 15.0 Å². The van der Waals surface area contributed by atoms with E-state index in [0.717, 1.165) is 5.39 Å². The van der Waals surface area contributed by atoms with Crippen LogP contribution in [-0.4, -0.2) is 43.1 Å². The largest absolute Gasteiger partial charge is 0.469 e. The van der Waals surface area contributed by atoms with Gasteiger partial charge >= 0.3 is 11.9 Å². The van der Waals surface area contributed by atoms with Gasteiger partial charge in [-0.25, -0.2) is 9.78 Å². The molecule has 0 unspecified atom stereocenters. The maximum Gasteiger partial charge on any atom is 0.328 e. The molecule has 2 atom stereocenters. The van der Waals surface area contributed by atoms with E-state index in [1.54, 1.807) is 25.1 Å². The number of hydrogen-bond acceptors (Lipinski definition) is 6. The SMILES string of the molecule is COC(=O)C[C@@H](C)[C@H](NC(=O)c1ccc2ccccc2n1)C(=O)OC. The second-order valence-corrected chi connectivity index (χ2v) is 5.62. The summed E-state index contributed by atoms with van der Waals surface area (Å²) in [5.74, 6) is -2.12. The van der Waals surface area contributed by atoms with E-state index in [1.807, 2.05) is 18.2 Å². The van der Waals surface area contributed by atoms with Crippen LogP contribution >= 0.6 is 0 Å². The molecule has 0 radical (unpaired) electrons. The van der Waals surface area contributed by atoms with Gasteiger partial charge in [0.1, 0.15) is 11.7 Å². The molecule has 1 amide bonds. The molecule has 132 valence electrons. The molecule has 0 fully saturated rings. The molecule has 2 aromatic rings. The molecule has 0 bridgehead atoms. The van der Waals surface area contributed by atoms with Gasteiger partial charge in [-0.1, -0.05) is 31.2 Å². The van der Waals surface area contributed by atoms with Crippen LogP contribution in [0.5, 0.6) is 0 Å². The Morgan fingerprint density at radius 1 is 1.08 bits per heavy atom. The Morgan fingerprint density at radius 3 is 2.48 bits per heavy atom. The van der Waals surface area contributed by atoms with Gasteiger partial charge in [0.2, 0.25) is 0 Å². The second kappa shape index (κ2) is 8.23. The number of esters is 2. The third-order valence-electron chi connectivity index (χ3n) is 3.86. The number of hydrogen-bond donors (Lipinski definition) is 1. The van der Waals surface area contributed by atoms with Gasteiger partial charge in [0, 0.05) is 5.39 Å². The minimum atomic E-state index is -0.982. The molecule has 0 saturated heterocycles. The molecule has 1 aromatic heterocycles. The molecule has 7 heteroatoms. The van der Waals surface area contributed by atoms with Crippen molar-refractivity contribution in [1.82, 2.24) is 10.3 Å². The Bertz CT molecular complexity index is 790. The Hall–Kier alpha value is -2.96. The number of amides is 1. The van der Waals surface area contributed by atoms with E-state index in [9.17, 15) is 14.4 Å². The Balaban J connectivity index is 2.19. The number of para-hydroxylation sites is 1. The molecule has 1 N–H and O–H groups in total. The molecule has 25 heavy (non-hydrogen) atoms. The zero-order valence-electron chi connectivity index (χ0n) is 14.3. The van der Waals surface area contributed by atoms with Crippen molar-refractivity contribution in [2.75, 3.05) is 14.2 Å². The molecule has 0 saturated carbocycles. The lowest BCUT2D eigenvalue weighted by Crippen LogP contribution is -2.46. The second-order valence-electron chi connectivity index (χ2n) is 5.62. The summed E-state index contributed by atoms with van der Waals surface area (Å²) >= 11 is 0. The van der Waals surface area contributed by atoms with Crippen LogP contribution in [0.2, 0.25) is 0 Å². The van der Waals surface area contributed by atoms with Crippen LogP contribution in [0.1, 0.15) is 23.8 Å². The number of aromatic nitrogens is 1. The number of nitrogens with one attached hydrogen (secondary N) is 1. The first-order valence-electron chi connectivity index (χ1n) is 7.77. The molecule has 1 heterocycles. The zero-order chi connectivity index (χ0) is 18.4. The summed E-state index contributed by atoms with van der Waals surface area (Å²) in [7, 11) is 2.49. The van der Waals surface area contributed by atoms with Crippen molar-refractivity contribution in [3.63, 3.8) is 0 Å². The van der Waals surface area contributed by atoms with Crippen LogP contribution in [0.4, 0.5) is 0 Å². The summed E-state index contributed by atoms with van der Waals surface area (Å²) in [5, 5.41) is 3.50. The van der Waals surface area contributed by atoms with E-state index >= 15 is 0 Å². The number of rotatable bonds is 6. The van der Waals surface area contributed by atoms with E-state index in [4.69, 9.17) is 4.74 Å². The Labute approximate surface area is 145 Å². The first-order chi connectivity index (χ1) is 12.0. The lowest BCUT2D eigenvalue weighted by molar-refractivity contribution is -0.146. The van der Waals surface area contributed by atoms with E-state index in [-0.39, 0.29) is 12.1 Å². The van der Waals surface area contributed by atoms with Gasteiger partial charge in [0.15, 0.2) is 0 Å². The summed E-state index contributed by atoms with van der Waals surface area (Å²) in [6, 6.07) is 9.77. The van der Waals surface area contributed by atoms with E-state index in [1.165, 1.54) is 14.2 Å². The van der Waals surface area contributed by atoms with E-state index < -0.39 is 29.8 Å². The third-order valence-corrected chi connectivity index (χ3v) is 3.86. The molecule has 0 aliphatic rings. The van der Waals surface area contributed by atoms with Gasteiger partial charge in [-0.2, -0.15) is 0 Å². The lowest BCUT2D eigenvalue weighted by Gasteiger charge is -2.22. The van der Waals surface area contributed by atoms with Crippen LogP contribution in [0, 0.1) is 5.92 Å². The Kier molecular flexibility index (Phi) is 6.05. The number of fused-ring (bicyclic) bond motifs is 1. The monoisotopic (exact) mass is 344 g/mol. The number of carbonyl (C=O) groups is 3. The lowest BCUT2D eigenvalue weighted by atomic mass is 9.98. The van der Waals surface area contributed by atoms with Gasteiger partial charge < -0.3 is 14.8 Å². The van der Waals surface area contributed by atoms with Gasteiger partial charge in [-0.3, -0.25) is 9.59 Å². The number of ether oxygens (including phenoxy) is 2. The first kappa shape index (κ1) is 18.4. The average Bonchev–Trinajstić information content (AvgIpc) is 2.64. The molecule has 0 spiro atoms. The fraction of sp³-hybridized carbons (Fsp3) is 0.333. The molecule has 1 aromatic carbocycles. The minimum absolute atomic E-state index is 0.0261. The topological polar surface area (TPSA) is 94.6 Å². The van der Waals surface area contributed by atoms with Gasteiger partial charge in [0.25, 0.3) is 5.91 Å². The van der Waals surface area contributed by atoms with Gasteiger partial charge in [-0.15, -0.1) is 0 Å². The first-order valence-corrected chi connectivity index (χ1v) is 7.77. The van der Waals surface area contributed by atoms with Crippen molar-refractivity contribution >= 4 is 28.7 Å². The van der Waals surface area contributed by atoms with Gasteiger partial charge in [0.05, 0.1) is 26.2 Å². The minimum Gasteiger partial charge on any atom is -0.469 e. The molecule has 0 aliphatic heterocycles. The van der Waals surface area contributed by atoms with Crippen molar-refractivity contribution in [3.8, 4) is 0 Å². The number of benzene rings is 1. The predicted molar refractivity (Wildman–Crippen MR) is 90.8 cm³/mol. The smallest absolute Gasteiger partial charge is 0.328 e. The molecule has 2 rings (SSSR count). The van der Waals surface area contributed by atoms with Gasteiger partial charge in [-0.05, 0) is 18.1 Å². The molecule has 0 aliphatic carbocycles. The predicted octanol–water partition coefficient (Wildman–Crippen LogP) is 1.71. The summed E-state index contributed by atoms with van der Waals surface area (Å²) in [5.41, 5.74) is 0.852. The quantitative estimate of drug-likeness (QED) is 0.802. The van der Waals surface area contributed by atoms with Crippen molar-refractivity contribution in [2.45, 2.75) is 19.4 Å². The Morgan fingerprint density at radius 2 is 1.80 bits per heavy atom. The number of pyridine rings is 1. The molecular weight excluding hydrogens is 324 g/mol. The van der Waals surface area contributed by atoms with Crippen LogP contribution in [0.15, 0.2) is 36.4 Å². The fourth-order valence-corrected chi connectivity index (χ4v) is 2.43. The molecular formula is C18H20N2O5. The highest BCUT2D eigenvalue weighted by Crippen LogP contribution is 2.14. The van der Waals surface area contributed by atoms with Crippen LogP contribution in [-0.2, 0) is 19.1 Å². The summed E-state index contributed by atoms with van der Waals surface area (Å²) < 4.78 is 9.34. The van der Waals surface area contributed by atoms with E-state index in [0.29, 0.717) is 5.52 Å². The van der Waals surface area contributed by atoms with Crippen LogP contribution in [0.3, 0.4) is 0 Å². The van der Waals surface area contributed by atoms with Crippen LogP contribution < -0.4 is 5.32 Å². The summed E-state index contributed by atoms with van der Waals surface area (Å²) in [6.07, 6.45) is -0.0261. The van der Waals surface area contributed by atoms with Crippen molar-refractivity contribution in [1.29, 1.82) is 0 Å².